The minimum absolute atomic E-state index is 0.0243. The topological polar surface area (TPSA) is 107 Å². The number of aliphatic carboxylic acids is 1. The van der Waals surface area contributed by atoms with Crippen molar-refractivity contribution in [3.05, 3.63) is 10.1 Å². The third-order valence-corrected chi connectivity index (χ3v) is 1.88. The predicted molar refractivity (Wildman–Crippen MR) is 53.5 cm³/mol. The molecule has 0 amide bonds. The van der Waals surface area contributed by atoms with Crippen molar-refractivity contribution in [1.82, 2.24) is 0 Å². The van der Waals surface area contributed by atoms with Crippen LogP contribution in [0.2, 0.25) is 0 Å². The molecule has 1 N–H and O–H groups in total. The van der Waals surface area contributed by atoms with E-state index in [2.05, 4.69) is 0 Å². The average Bonchev–Trinajstić information content (AvgIpc) is 2.16. The Morgan fingerprint density at radius 3 is 2.56 bits per heavy atom. The van der Waals surface area contributed by atoms with Gasteiger partial charge < -0.3 is 9.84 Å². The largest absolute Gasteiger partial charge is 0.476 e. The number of carbonyl (C=O) groups is 2. The summed E-state index contributed by atoms with van der Waals surface area (Å²) in [5.74, 6) is -1.83. The molecule has 0 bridgehead atoms. The lowest BCUT2D eigenvalue weighted by Crippen LogP contribution is -2.29. The summed E-state index contributed by atoms with van der Waals surface area (Å²) in [6.07, 6.45) is 1.01. The molecule has 0 aliphatic carbocycles. The average molecular weight is 233 g/mol. The highest BCUT2D eigenvalue weighted by Crippen LogP contribution is 2.03. The van der Waals surface area contributed by atoms with E-state index in [0.717, 1.165) is 0 Å². The molecule has 7 heteroatoms. The van der Waals surface area contributed by atoms with Crippen LogP contribution in [-0.2, 0) is 14.3 Å². The van der Waals surface area contributed by atoms with Gasteiger partial charge in [0.05, 0.1) is 6.61 Å². The summed E-state index contributed by atoms with van der Waals surface area (Å²) >= 11 is 0. The molecule has 0 aromatic rings. The molecule has 16 heavy (non-hydrogen) atoms. The molecule has 0 saturated carbocycles. The Balaban J connectivity index is 3.75. The molecule has 0 rings (SSSR count). The zero-order valence-corrected chi connectivity index (χ0v) is 9.05. The van der Waals surface area contributed by atoms with E-state index in [4.69, 9.17) is 9.84 Å². The van der Waals surface area contributed by atoms with Crippen LogP contribution in [0, 0.1) is 10.1 Å². The van der Waals surface area contributed by atoms with Crippen LogP contribution in [-0.4, -0.2) is 34.6 Å². The van der Waals surface area contributed by atoms with Gasteiger partial charge in [0, 0.05) is 17.8 Å². The fourth-order valence-electron chi connectivity index (χ4n) is 1.06. The molecule has 7 nitrogen and oxygen atoms in total. The van der Waals surface area contributed by atoms with Crippen molar-refractivity contribution in [2.75, 3.05) is 6.61 Å². The SMILES string of the molecule is CCCC(=O)OCCCC(C(=O)O)[N+](=O)[O-]. The van der Waals surface area contributed by atoms with Crippen molar-refractivity contribution in [2.24, 2.45) is 0 Å². The van der Waals surface area contributed by atoms with Gasteiger partial charge in [-0.1, -0.05) is 6.92 Å². The summed E-state index contributed by atoms with van der Waals surface area (Å²) in [5, 5.41) is 18.8. The van der Waals surface area contributed by atoms with Gasteiger partial charge in [0.2, 0.25) is 0 Å². The van der Waals surface area contributed by atoms with Crippen molar-refractivity contribution < 1.29 is 24.4 Å². The molecule has 0 aromatic carbocycles. The number of carboxylic acids is 1. The van der Waals surface area contributed by atoms with Crippen molar-refractivity contribution in [3.63, 3.8) is 0 Å². The lowest BCUT2D eigenvalue weighted by Gasteiger charge is -2.05. The number of esters is 1. The first-order valence-corrected chi connectivity index (χ1v) is 5.01. The molecule has 0 saturated heterocycles. The first-order chi connectivity index (χ1) is 7.49. The van der Waals surface area contributed by atoms with E-state index in [9.17, 15) is 19.7 Å². The molecular weight excluding hydrogens is 218 g/mol. The van der Waals surface area contributed by atoms with Gasteiger partial charge >= 0.3 is 18.0 Å². The van der Waals surface area contributed by atoms with E-state index in [1.807, 2.05) is 6.92 Å². The summed E-state index contributed by atoms with van der Waals surface area (Å²) in [7, 11) is 0. The molecule has 0 aliphatic rings. The number of carboxylic acid groups (broad SMARTS) is 1. The van der Waals surface area contributed by atoms with Gasteiger partial charge in [0.15, 0.2) is 0 Å². The summed E-state index contributed by atoms with van der Waals surface area (Å²) in [4.78, 5) is 30.7. The van der Waals surface area contributed by atoms with Gasteiger partial charge in [-0.2, -0.15) is 0 Å². The van der Waals surface area contributed by atoms with Gasteiger partial charge in [-0.3, -0.25) is 14.9 Å². The molecule has 0 radical (unpaired) electrons. The van der Waals surface area contributed by atoms with E-state index in [1.165, 1.54) is 0 Å². The zero-order chi connectivity index (χ0) is 12.6. The van der Waals surface area contributed by atoms with Crippen molar-refractivity contribution >= 4 is 11.9 Å². The van der Waals surface area contributed by atoms with Gasteiger partial charge in [-0.05, 0) is 12.8 Å². The van der Waals surface area contributed by atoms with Crippen LogP contribution in [0.25, 0.3) is 0 Å². The number of ether oxygens (including phenoxy) is 1. The Morgan fingerprint density at radius 1 is 1.50 bits per heavy atom. The lowest BCUT2D eigenvalue weighted by atomic mass is 10.2. The maximum Gasteiger partial charge on any atom is 0.379 e. The van der Waals surface area contributed by atoms with Crippen LogP contribution in [0.4, 0.5) is 0 Å². The fraction of sp³-hybridized carbons (Fsp3) is 0.778. The van der Waals surface area contributed by atoms with Crippen LogP contribution in [0.5, 0.6) is 0 Å². The predicted octanol–water partition coefficient (Wildman–Crippen LogP) is 0.840. The third-order valence-electron chi connectivity index (χ3n) is 1.88. The molecule has 0 aromatic heterocycles. The number of hydrogen-bond donors (Lipinski definition) is 1. The number of rotatable bonds is 8. The molecule has 0 aliphatic heterocycles. The standard InChI is InChI=1S/C9H15NO6/c1-2-4-8(11)16-6-3-5-7(9(12)13)10(14)15/h7H,2-6H2,1H3,(H,12,13). The normalized spacial score (nSPS) is 11.8. The first kappa shape index (κ1) is 14.3. The highest BCUT2D eigenvalue weighted by Gasteiger charge is 2.28. The highest BCUT2D eigenvalue weighted by atomic mass is 16.6. The minimum Gasteiger partial charge on any atom is -0.476 e. The minimum atomic E-state index is -1.62. The van der Waals surface area contributed by atoms with Crippen molar-refractivity contribution in [1.29, 1.82) is 0 Å². The number of carbonyl (C=O) groups excluding carboxylic acids is 1. The molecule has 1 unspecified atom stereocenters. The second-order valence-corrected chi connectivity index (χ2v) is 3.25. The summed E-state index contributed by atoms with van der Waals surface area (Å²) < 4.78 is 4.74. The molecule has 0 fully saturated rings. The van der Waals surface area contributed by atoms with E-state index in [-0.39, 0.29) is 25.4 Å². The molecule has 0 spiro atoms. The summed E-state index contributed by atoms with van der Waals surface area (Å²) in [6, 6.07) is -1.62. The summed E-state index contributed by atoms with van der Waals surface area (Å²) in [5.41, 5.74) is 0. The van der Waals surface area contributed by atoms with Gasteiger partial charge in [-0.15, -0.1) is 0 Å². The maximum absolute atomic E-state index is 10.9. The van der Waals surface area contributed by atoms with Crippen LogP contribution in [0.1, 0.15) is 32.6 Å². The van der Waals surface area contributed by atoms with Gasteiger partial charge in [0.25, 0.3) is 0 Å². The van der Waals surface area contributed by atoms with Crippen LogP contribution in [0.3, 0.4) is 0 Å². The fourth-order valence-corrected chi connectivity index (χ4v) is 1.06. The van der Waals surface area contributed by atoms with E-state index < -0.39 is 16.9 Å². The second-order valence-electron chi connectivity index (χ2n) is 3.25. The number of hydrogen-bond acceptors (Lipinski definition) is 5. The Kier molecular flexibility index (Phi) is 6.82. The Hall–Kier alpha value is -1.66. The van der Waals surface area contributed by atoms with Crippen LogP contribution >= 0.6 is 0 Å². The number of nitrogens with zero attached hydrogens (tertiary/aromatic N) is 1. The molecule has 0 heterocycles. The first-order valence-electron chi connectivity index (χ1n) is 5.01. The molecule has 1 atom stereocenters. The Morgan fingerprint density at radius 2 is 2.12 bits per heavy atom. The van der Waals surface area contributed by atoms with E-state index in [1.54, 1.807) is 0 Å². The van der Waals surface area contributed by atoms with E-state index >= 15 is 0 Å². The third kappa shape index (κ3) is 5.94. The Bertz CT molecular complexity index is 251. The zero-order valence-electron chi connectivity index (χ0n) is 9.05. The van der Waals surface area contributed by atoms with Crippen LogP contribution < -0.4 is 0 Å². The van der Waals surface area contributed by atoms with Crippen molar-refractivity contribution in [3.8, 4) is 0 Å². The molecular formula is C9H15NO6. The second kappa shape index (κ2) is 7.61. The molecule has 92 valence electrons. The van der Waals surface area contributed by atoms with E-state index in [0.29, 0.717) is 12.8 Å². The van der Waals surface area contributed by atoms with Gasteiger partial charge in [-0.25, -0.2) is 4.79 Å². The quantitative estimate of drug-likeness (QED) is 0.288. The monoisotopic (exact) mass is 233 g/mol. The highest BCUT2D eigenvalue weighted by molar-refractivity contribution is 5.71. The summed E-state index contributed by atoms with van der Waals surface area (Å²) in [6.45, 7) is 1.85. The van der Waals surface area contributed by atoms with Crippen LogP contribution in [0.15, 0.2) is 0 Å². The smallest absolute Gasteiger partial charge is 0.379 e. The lowest BCUT2D eigenvalue weighted by molar-refractivity contribution is -0.511. The van der Waals surface area contributed by atoms with Crippen molar-refractivity contribution in [2.45, 2.75) is 38.6 Å². The van der Waals surface area contributed by atoms with Gasteiger partial charge in [0.1, 0.15) is 0 Å². The number of nitro groups is 1. The Labute approximate surface area is 92.5 Å². The maximum atomic E-state index is 10.9.